The van der Waals surface area contributed by atoms with E-state index in [1.54, 1.807) is 16.8 Å². The Balaban J connectivity index is 0.997. The van der Waals surface area contributed by atoms with Gasteiger partial charge in [0.15, 0.2) is 12.5 Å². The number of nitrogens with two attached hydrogens (primary N) is 2. The molecule has 0 spiro atoms. The first kappa shape index (κ1) is 47.9. The van der Waals surface area contributed by atoms with Crippen LogP contribution in [0.4, 0.5) is 11.6 Å². The molecule has 1 aliphatic carbocycles. The second-order valence-electron chi connectivity index (χ2n) is 15.7. The number of hydrogen-bond donors (Lipinski definition) is 6. The van der Waals surface area contributed by atoms with Crippen molar-refractivity contribution in [3.8, 4) is 0 Å². The molecule has 18 nitrogen and oxygen atoms in total. The van der Waals surface area contributed by atoms with Gasteiger partial charge in [0.2, 0.25) is 5.91 Å². The van der Waals surface area contributed by atoms with E-state index < -0.39 is 54.6 Å². The number of carbonyl (C=O) groups is 1. The molecular formula is C39H58I3N9O9. The van der Waals surface area contributed by atoms with Crippen molar-refractivity contribution in [2.45, 2.75) is 132 Å². The van der Waals surface area contributed by atoms with Crippen LogP contribution in [0.5, 0.6) is 0 Å². The maximum absolute atomic E-state index is 12.7. The van der Waals surface area contributed by atoms with Crippen molar-refractivity contribution in [2.24, 2.45) is 5.92 Å². The van der Waals surface area contributed by atoms with Gasteiger partial charge in [0, 0.05) is 56.3 Å². The van der Waals surface area contributed by atoms with Crippen LogP contribution in [0.15, 0.2) is 35.6 Å². The predicted octanol–water partition coefficient (Wildman–Crippen LogP) is 3.74. The number of aliphatic hydroxyl groups excluding tert-OH is 2. The Morgan fingerprint density at radius 3 is 2.42 bits per heavy atom. The van der Waals surface area contributed by atoms with E-state index in [-0.39, 0.29) is 37.5 Å². The van der Waals surface area contributed by atoms with E-state index in [0.29, 0.717) is 48.3 Å². The van der Waals surface area contributed by atoms with Gasteiger partial charge in [-0.15, -0.1) is 0 Å². The molecule has 8 N–H and O–H groups in total. The van der Waals surface area contributed by atoms with Gasteiger partial charge in [0.1, 0.15) is 48.0 Å². The summed E-state index contributed by atoms with van der Waals surface area (Å²) in [5.74, 6) is 0.0558. The largest absolute Gasteiger partial charge is 0.388 e. The lowest BCUT2D eigenvalue weighted by Gasteiger charge is -2.35. The van der Waals surface area contributed by atoms with Crippen LogP contribution >= 0.6 is 67.8 Å². The van der Waals surface area contributed by atoms with E-state index >= 15 is 0 Å². The van der Waals surface area contributed by atoms with Crippen molar-refractivity contribution in [3.05, 3.63) is 41.3 Å². The minimum absolute atomic E-state index is 0.0755. The second kappa shape index (κ2) is 23.4. The zero-order valence-corrected chi connectivity index (χ0v) is 40.2. The molecule has 10 atom stereocenters. The van der Waals surface area contributed by atoms with Crippen molar-refractivity contribution in [1.29, 1.82) is 0 Å². The maximum atomic E-state index is 12.7. The van der Waals surface area contributed by atoms with Crippen molar-refractivity contribution in [2.75, 3.05) is 44.4 Å². The molecule has 3 aromatic heterocycles. The van der Waals surface area contributed by atoms with Crippen LogP contribution in [0.1, 0.15) is 83.6 Å². The number of aromatic nitrogens is 5. The lowest BCUT2D eigenvalue weighted by atomic mass is 9.95. The Morgan fingerprint density at radius 1 is 0.917 bits per heavy atom. The number of anilines is 2. The highest BCUT2D eigenvalue weighted by Crippen LogP contribution is 2.37. The quantitative estimate of drug-likeness (QED) is 0.0363. The molecule has 3 aliphatic rings. The van der Waals surface area contributed by atoms with Gasteiger partial charge >= 0.3 is 5.69 Å². The number of rotatable bonds is 22. The van der Waals surface area contributed by atoms with Crippen molar-refractivity contribution < 1.29 is 38.8 Å². The maximum Gasteiger partial charge on any atom is 0.351 e. The average Bonchev–Trinajstić information content (AvgIpc) is 3.87. The first-order valence-electron chi connectivity index (χ1n) is 20.8. The summed E-state index contributed by atoms with van der Waals surface area (Å²) in [6.07, 6.45) is 7.59. The second-order valence-corrected chi connectivity index (χ2v) is 20.6. The average molecular weight is 1180 g/mol. The summed E-state index contributed by atoms with van der Waals surface area (Å²) in [5, 5.41) is 26.9. The van der Waals surface area contributed by atoms with Gasteiger partial charge in [0.05, 0.1) is 30.7 Å². The third-order valence-corrected chi connectivity index (χ3v) is 14.9. The number of ether oxygens (including phenoxy) is 4. The third-order valence-electron chi connectivity index (χ3n) is 11.3. The number of hydrogen-bond acceptors (Lipinski definition) is 15. The fourth-order valence-corrected chi connectivity index (χ4v) is 14.4. The van der Waals surface area contributed by atoms with Crippen LogP contribution in [0.2, 0.25) is 0 Å². The zero-order chi connectivity index (χ0) is 42.8. The molecule has 60 heavy (non-hydrogen) atoms. The molecule has 0 bridgehead atoms. The smallest absolute Gasteiger partial charge is 0.351 e. The topological polar surface area (TPSA) is 245 Å². The van der Waals surface area contributed by atoms with E-state index in [0.717, 1.165) is 57.8 Å². The molecule has 3 aromatic rings. The number of alkyl halides is 3. The zero-order valence-electron chi connectivity index (χ0n) is 33.7. The standard InChI is InChI=1S/C39H58I3N9O9/c1-2-3-7-15-57-34-33(54)28(60-38(34)51-13-11-29(43)48-39(51)55)20-58-47-18-24-27(59-37(32(24)53)50-12-10-23-35(44)45-21-46-36(23)50)19-56-14-8-5-4-6-9-30(52)49-31-25(41)16-22(40)17-26(31)42/h10-13,21-22,24-28,31-34,37-38,47,53-54H,2-9,14-20H2,1H3,(H,49,52)(H2,43,48,55)(H2,44,45,46). The number of amides is 1. The van der Waals surface area contributed by atoms with Crippen LogP contribution < -0.4 is 28.0 Å². The van der Waals surface area contributed by atoms with Crippen molar-refractivity contribution >= 4 is 96.3 Å². The summed E-state index contributed by atoms with van der Waals surface area (Å²) in [6, 6.07) is 3.50. The highest BCUT2D eigenvalue weighted by molar-refractivity contribution is 14.1. The molecule has 10 unspecified atom stereocenters. The van der Waals surface area contributed by atoms with Crippen LogP contribution in [0, 0.1) is 5.92 Å². The number of halogens is 3. The normalized spacial score (nSPS) is 30.6. The number of unbranched alkanes of at least 4 members (excludes halogenated alkanes) is 5. The molecule has 1 amide bonds. The number of carbonyl (C=O) groups excluding carboxylic acids is 1. The number of aliphatic hydroxyl groups is 2. The molecule has 0 radical (unpaired) electrons. The van der Waals surface area contributed by atoms with E-state index in [1.807, 2.05) is 0 Å². The van der Waals surface area contributed by atoms with Gasteiger partial charge in [-0.05, 0) is 44.2 Å². The molecule has 21 heteroatoms. The number of nitrogens with one attached hydrogen (secondary N) is 2. The molecule has 2 saturated heterocycles. The predicted molar refractivity (Wildman–Crippen MR) is 250 cm³/mol. The number of hydroxylamine groups is 1. The summed E-state index contributed by atoms with van der Waals surface area (Å²) in [7, 11) is 0. The number of fused-ring (bicyclic) bond motifs is 1. The third kappa shape index (κ3) is 12.4. The van der Waals surface area contributed by atoms with Gasteiger partial charge in [-0.1, -0.05) is 100 Å². The lowest BCUT2D eigenvalue weighted by molar-refractivity contribution is -0.122. The lowest BCUT2D eigenvalue weighted by Crippen LogP contribution is -2.50. The van der Waals surface area contributed by atoms with E-state index in [1.165, 1.54) is 23.2 Å². The Labute approximate surface area is 390 Å². The molecule has 3 fully saturated rings. The molecule has 334 valence electrons. The van der Waals surface area contributed by atoms with Gasteiger partial charge in [-0.25, -0.2) is 20.2 Å². The molecule has 1 saturated carbocycles. The molecule has 0 aromatic carbocycles. The summed E-state index contributed by atoms with van der Waals surface area (Å²) in [5.41, 5.74) is 14.7. The highest BCUT2D eigenvalue weighted by atomic mass is 127. The van der Waals surface area contributed by atoms with Crippen LogP contribution in [-0.4, -0.2) is 122 Å². The number of nitrogen functional groups attached to an aromatic ring is 2. The summed E-state index contributed by atoms with van der Waals surface area (Å²) < 4.78 is 29.3. The molecular weight excluding hydrogens is 1120 g/mol. The molecule has 2 aliphatic heterocycles. The Kier molecular flexibility index (Phi) is 18.7. The van der Waals surface area contributed by atoms with Gasteiger partial charge in [-0.2, -0.15) is 4.98 Å². The minimum atomic E-state index is -1.11. The number of nitrogens with zero attached hydrogens (tertiary/aromatic N) is 5. The van der Waals surface area contributed by atoms with Crippen LogP contribution in [0.3, 0.4) is 0 Å². The van der Waals surface area contributed by atoms with Crippen molar-refractivity contribution in [3.63, 3.8) is 0 Å². The Bertz CT molecular complexity index is 1870. The van der Waals surface area contributed by atoms with Gasteiger partial charge < -0.3 is 50.5 Å². The van der Waals surface area contributed by atoms with E-state index in [4.69, 9.17) is 35.3 Å². The monoisotopic (exact) mass is 1180 g/mol. The Morgan fingerprint density at radius 2 is 1.65 bits per heavy atom. The Hall–Kier alpha value is -1.56. The van der Waals surface area contributed by atoms with Crippen molar-refractivity contribution in [1.82, 2.24) is 34.9 Å². The van der Waals surface area contributed by atoms with Gasteiger partial charge in [0.25, 0.3) is 0 Å². The molecule has 6 rings (SSSR count). The molecule has 5 heterocycles. The minimum Gasteiger partial charge on any atom is -0.388 e. The van der Waals surface area contributed by atoms with Gasteiger partial charge in [-0.3, -0.25) is 14.2 Å². The fraction of sp³-hybridized carbons (Fsp3) is 0.718. The summed E-state index contributed by atoms with van der Waals surface area (Å²) in [6.45, 7) is 3.27. The summed E-state index contributed by atoms with van der Waals surface area (Å²) in [4.78, 5) is 43.6. The van der Waals surface area contributed by atoms with E-state index in [9.17, 15) is 19.8 Å². The fourth-order valence-electron chi connectivity index (χ4n) is 7.97. The highest BCUT2D eigenvalue weighted by Gasteiger charge is 2.47. The van der Waals surface area contributed by atoms with Crippen LogP contribution in [0.25, 0.3) is 11.0 Å². The first-order chi connectivity index (χ1) is 29.0. The van der Waals surface area contributed by atoms with Crippen LogP contribution in [-0.2, 0) is 28.6 Å². The first-order valence-corrected chi connectivity index (χ1v) is 24.5. The SMILES string of the molecule is CCCCCOC1C(O)C(CONCC2C(COCCCCCCC(=O)NC3C(I)CC(I)CC3I)OC(n3ccc4c(N)ncnc43)C2O)OC1n1ccc(N)nc1=O. The van der Waals surface area contributed by atoms with E-state index in [2.05, 4.69) is 100 Å². The summed E-state index contributed by atoms with van der Waals surface area (Å²) >= 11 is 7.49.